The average molecular weight is 479 g/mol. The number of hydrogen-bond acceptors (Lipinski definition) is 5. The Morgan fingerprint density at radius 2 is 1.90 bits per heavy atom. The summed E-state index contributed by atoms with van der Waals surface area (Å²) in [5, 5.41) is 21.9. The number of hydrogen-bond donors (Lipinski definition) is 3. The molecule has 3 N–H and O–H groups in total. The molecule has 0 spiro atoms. The predicted molar refractivity (Wildman–Crippen MR) is 105 cm³/mol. The number of nitrogens with zero attached hydrogens (tertiary/aromatic N) is 1. The first-order valence-corrected chi connectivity index (χ1v) is 9.17. The van der Waals surface area contributed by atoms with Gasteiger partial charge in [0.15, 0.2) is 11.2 Å². The maximum absolute atomic E-state index is 15.2. The second kappa shape index (κ2) is 7.79. The molecule has 1 aromatic carbocycles. The minimum absolute atomic E-state index is 0.206. The lowest BCUT2D eigenvalue weighted by atomic mass is 9.66. The van der Waals surface area contributed by atoms with Crippen LogP contribution in [-0.2, 0) is 19.8 Å². The molecule has 0 saturated carbocycles. The molecule has 154 valence electrons. The summed E-state index contributed by atoms with van der Waals surface area (Å²) in [5.41, 5.74) is -5.19. The van der Waals surface area contributed by atoms with Crippen molar-refractivity contribution in [1.82, 2.24) is 4.98 Å². The molecule has 10 heteroatoms. The van der Waals surface area contributed by atoms with Gasteiger partial charge in [0.05, 0.1) is 17.0 Å². The summed E-state index contributed by atoms with van der Waals surface area (Å²) in [6.45, 7) is 1.11. The predicted octanol–water partition coefficient (Wildman–Crippen LogP) is 3.58. The van der Waals surface area contributed by atoms with Crippen LogP contribution in [0.3, 0.4) is 0 Å². The molecule has 0 fully saturated rings. The lowest BCUT2D eigenvalue weighted by Crippen LogP contribution is -2.49. The normalized spacial score (nSPS) is 19.1. The number of carboxylic acids is 2. The van der Waals surface area contributed by atoms with Crippen LogP contribution in [0.25, 0.3) is 0 Å². The van der Waals surface area contributed by atoms with Gasteiger partial charge in [0, 0.05) is 16.9 Å². The highest BCUT2D eigenvalue weighted by molar-refractivity contribution is 9.10. The van der Waals surface area contributed by atoms with E-state index in [-0.39, 0.29) is 11.3 Å². The van der Waals surface area contributed by atoms with Crippen LogP contribution in [0, 0.1) is 5.82 Å². The Hall–Kier alpha value is -3.40. The standard InChI is InChI=1S/C20H13BrF2N2O5/c1-9-14(18(27)28)16(25-13-5-4-11(21)7-12(13)22)15(23)17(26)20(9,19(29)30)10-3-2-6-24-8-10/h2-8,25H,1H3,(H,27,28)(H,29,30). The van der Waals surface area contributed by atoms with Gasteiger partial charge in [-0.1, -0.05) is 22.0 Å². The number of halogens is 3. The number of aliphatic carboxylic acids is 2. The first-order valence-electron chi connectivity index (χ1n) is 8.37. The van der Waals surface area contributed by atoms with Crippen molar-refractivity contribution in [3.63, 3.8) is 0 Å². The monoisotopic (exact) mass is 478 g/mol. The van der Waals surface area contributed by atoms with E-state index in [0.29, 0.717) is 4.47 Å². The van der Waals surface area contributed by atoms with Crippen molar-refractivity contribution < 1.29 is 33.4 Å². The van der Waals surface area contributed by atoms with Crippen molar-refractivity contribution in [2.75, 3.05) is 5.32 Å². The average Bonchev–Trinajstić information content (AvgIpc) is 2.68. The number of benzene rings is 1. The van der Waals surface area contributed by atoms with Crippen LogP contribution in [0.4, 0.5) is 14.5 Å². The summed E-state index contributed by atoms with van der Waals surface area (Å²) < 4.78 is 29.8. The second-order valence-corrected chi connectivity index (χ2v) is 7.28. The van der Waals surface area contributed by atoms with Gasteiger partial charge in [0.2, 0.25) is 5.78 Å². The number of carbonyl (C=O) groups is 3. The first-order chi connectivity index (χ1) is 14.1. The third-order valence-electron chi connectivity index (χ3n) is 4.77. The smallest absolute Gasteiger partial charge is 0.337 e. The fourth-order valence-corrected chi connectivity index (χ4v) is 3.69. The van der Waals surface area contributed by atoms with Crippen molar-refractivity contribution in [1.29, 1.82) is 0 Å². The molecule has 30 heavy (non-hydrogen) atoms. The van der Waals surface area contributed by atoms with Crippen LogP contribution in [0.2, 0.25) is 0 Å². The van der Waals surface area contributed by atoms with E-state index < -0.39 is 51.6 Å². The Bertz CT molecular complexity index is 1150. The summed E-state index contributed by atoms with van der Waals surface area (Å²) in [7, 11) is 0. The van der Waals surface area contributed by atoms with Crippen molar-refractivity contribution in [3.05, 3.63) is 81.2 Å². The minimum atomic E-state index is -2.63. The summed E-state index contributed by atoms with van der Waals surface area (Å²) in [6, 6.07) is 6.26. The molecule has 0 aliphatic heterocycles. The van der Waals surface area contributed by atoms with Gasteiger partial charge in [-0.05, 0) is 42.3 Å². The molecule has 7 nitrogen and oxygen atoms in total. The summed E-state index contributed by atoms with van der Waals surface area (Å²) in [5.74, 6) is -7.44. The number of nitrogens with one attached hydrogen (secondary N) is 1. The molecule has 1 unspecified atom stereocenters. The van der Waals surface area contributed by atoms with Gasteiger partial charge in [-0.3, -0.25) is 14.6 Å². The van der Waals surface area contributed by atoms with Crippen molar-refractivity contribution in [2.24, 2.45) is 0 Å². The van der Waals surface area contributed by atoms with Crippen molar-refractivity contribution in [2.45, 2.75) is 12.3 Å². The van der Waals surface area contributed by atoms with E-state index in [2.05, 4.69) is 26.2 Å². The Kier molecular flexibility index (Phi) is 5.53. The number of ketones is 1. The Labute approximate surface area is 176 Å². The van der Waals surface area contributed by atoms with Gasteiger partial charge in [0.25, 0.3) is 0 Å². The van der Waals surface area contributed by atoms with Crippen LogP contribution < -0.4 is 5.32 Å². The number of Topliss-reactive ketones (excluding diaryl/α,β-unsaturated/α-hetero) is 1. The van der Waals surface area contributed by atoms with E-state index in [4.69, 9.17) is 0 Å². The van der Waals surface area contributed by atoms with E-state index in [0.717, 1.165) is 19.2 Å². The van der Waals surface area contributed by atoms with Crippen molar-refractivity contribution >= 4 is 39.3 Å². The number of carbonyl (C=O) groups excluding carboxylic acids is 1. The van der Waals surface area contributed by atoms with Crippen molar-refractivity contribution in [3.8, 4) is 0 Å². The fraction of sp³-hybridized carbons (Fsp3) is 0.100. The van der Waals surface area contributed by atoms with Gasteiger partial charge in [-0.2, -0.15) is 0 Å². The number of allylic oxidation sites excluding steroid dienone is 1. The van der Waals surface area contributed by atoms with Crippen LogP contribution in [0.15, 0.2) is 69.9 Å². The van der Waals surface area contributed by atoms with E-state index in [1.807, 2.05) is 0 Å². The van der Waals surface area contributed by atoms with Gasteiger partial charge >= 0.3 is 11.9 Å². The molecule has 0 radical (unpaired) electrons. The lowest BCUT2D eigenvalue weighted by molar-refractivity contribution is -0.146. The van der Waals surface area contributed by atoms with E-state index in [1.165, 1.54) is 30.5 Å². The van der Waals surface area contributed by atoms with Gasteiger partial charge < -0.3 is 15.5 Å². The third-order valence-corrected chi connectivity index (χ3v) is 5.26. The van der Waals surface area contributed by atoms with Crippen LogP contribution in [-0.4, -0.2) is 32.9 Å². The Balaban J connectivity index is 2.29. The molecule has 2 aromatic rings. The van der Waals surface area contributed by atoms with Gasteiger partial charge in [0.1, 0.15) is 5.82 Å². The van der Waals surface area contributed by atoms with E-state index >= 15 is 4.39 Å². The van der Waals surface area contributed by atoms with Crippen LogP contribution in [0.5, 0.6) is 0 Å². The zero-order valence-electron chi connectivity index (χ0n) is 15.2. The van der Waals surface area contributed by atoms with Crippen LogP contribution >= 0.6 is 15.9 Å². The molecule has 1 aliphatic carbocycles. The topological polar surface area (TPSA) is 117 Å². The highest BCUT2D eigenvalue weighted by atomic mass is 79.9. The summed E-state index contributed by atoms with van der Waals surface area (Å²) in [4.78, 5) is 41.0. The SMILES string of the molecule is CC1=C(C(=O)O)C(Nc2ccc(Br)cc2F)=C(F)C(=O)C1(C(=O)O)c1cccnc1. The number of anilines is 1. The number of pyridine rings is 1. The lowest BCUT2D eigenvalue weighted by Gasteiger charge is -2.34. The molecule has 3 rings (SSSR count). The molecule has 1 atom stereocenters. The number of aromatic nitrogens is 1. The van der Waals surface area contributed by atoms with E-state index in [9.17, 15) is 29.0 Å². The fourth-order valence-electron chi connectivity index (χ4n) is 3.36. The minimum Gasteiger partial charge on any atom is -0.480 e. The molecule has 0 saturated heterocycles. The van der Waals surface area contributed by atoms with Crippen LogP contribution in [0.1, 0.15) is 12.5 Å². The quantitative estimate of drug-likeness (QED) is 0.562. The van der Waals surface area contributed by atoms with Gasteiger partial charge in [-0.25, -0.2) is 13.6 Å². The Morgan fingerprint density at radius 3 is 2.43 bits per heavy atom. The zero-order chi connectivity index (χ0) is 22.2. The molecule has 0 amide bonds. The molecular formula is C20H13BrF2N2O5. The number of rotatable bonds is 5. The molecule has 1 aliphatic rings. The third kappa shape index (κ3) is 3.18. The molecule has 1 heterocycles. The molecule has 0 bridgehead atoms. The number of carboxylic acid groups (broad SMARTS) is 2. The zero-order valence-corrected chi connectivity index (χ0v) is 16.8. The largest absolute Gasteiger partial charge is 0.480 e. The van der Waals surface area contributed by atoms with Gasteiger partial charge in [-0.15, -0.1) is 0 Å². The second-order valence-electron chi connectivity index (χ2n) is 6.37. The highest BCUT2D eigenvalue weighted by Crippen LogP contribution is 2.44. The summed E-state index contributed by atoms with van der Waals surface area (Å²) >= 11 is 3.06. The molecular weight excluding hydrogens is 466 g/mol. The first kappa shape index (κ1) is 21.3. The Morgan fingerprint density at radius 1 is 1.20 bits per heavy atom. The maximum atomic E-state index is 15.2. The van der Waals surface area contributed by atoms with E-state index in [1.54, 1.807) is 0 Å². The maximum Gasteiger partial charge on any atom is 0.337 e. The molecule has 1 aromatic heterocycles. The summed E-state index contributed by atoms with van der Waals surface area (Å²) in [6.07, 6.45) is 2.37. The highest BCUT2D eigenvalue weighted by Gasteiger charge is 2.56.